The van der Waals surface area contributed by atoms with Crippen LogP contribution in [0.2, 0.25) is 0 Å². The number of hydrogen-bond acceptors (Lipinski definition) is 4. The molecule has 0 saturated heterocycles. The van der Waals surface area contributed by atoms with E-state index >= 15 is 0 Å². The molecule has 0 amide bonds. The van der Waals surface area contributed by atoms with Crippen LogP contribution >= 0.6 is 0 Å². The standard InChI is InChI=1S/C22H29N5O/c1-9-17-18(12(2)3)24-21-20(15(6)25-27(21)22(17)28)23-19-13(4)10-16(26(7)8)11-14(19)5/h10-12,25H,6,9H2,1-5,7-8H3. The maximum Gasteiger partial charge on any atom is 0.276 e. The lowest BCUT2D eigenvalue weighted by Gasteiger charge is -2.15. The Kier molecular flexibility index (Phi) is 5.15. The number of hydrogen-bond donors (Lipinski definition) is 1. The third-order valence-corrected chi connectivity index (χ3v) is 5.07. The van der Waals surface area contributed by atoms with Crippen molar-refractivity contribution in [2.75, 3.05) is 19.0 Å². The van der Waals surface area contributed by atoms with Crippen LogP contribution in [-0.4, -0.2) is 28.7 Å². The van der Waals surface area contributed by atoms with Crippen molar-refractivity contribution in [3.05, 3.63) is 55.6 Å². The molecule has 0 bridgehead atoms. The molecule has 0 aliphatic rings. The largest absolute Gasteiger partial charge is 0.378 e. The molecule has 2 aromatic heterocycles. The first kappa shape index (κ1) is 19.9. The van der Waals surface area contributed by atoms with E-state index in [2.05, 4.69) is 42.6 Å². The molecule has 0 aliphatic carbocycles. The van der Waals surface area contributed by atoms with Gasteiger partial charge in [0.1, 0.15) is 5.36 Å². The highest BCUT2D eigenvalue weighted by Crippen LogP contribution is 2.28. The second-order valence-electron chi connectivity index (χ2n) is 7.82. The number of anilines is 1. The number of benzene rings is 1. The van der Waals surface area contributed by atoms with Gasteiger partial charge in [0, 0.05) is 25.3 Å². The molecular formula is C22H29N5O. The van der Waals surface area contributed by atoms with Crippen LogP contribution in [0.3, 0.4) is 0 Å². The summed E-state index contributed by atoms with van der Waals surface area (Å²) in [7, 11) is 4.04. The van der Waals surface area contributed by atoms with Gasteiger partial charge < -0.3 is 4.90 Å². The number of H-pyrrole nitrogens is 1. The third kappa shape index (κ3) is 3.23. The maximum absolute atomic E-state index is 13.0. The molecule has 2 heterocycles. The molecule has 0 spiro atoms. The van der Waals surface area contributed by atoms with E-state index in [0.29, 0.717) is 22.8 Å². The van der Waals surface area contributed by atoms with Crippen molar-refractivity contribution in [2.45, 2.75) is 47.0 Å². The van der Waals surface area contributed by atoms with Gasteiger partial charge in [0.15, 0.2) is 5.65 Å². The lowest BCUT2D eigenvalue weighted by atomic mass is 10.0. The zero-order chi connectivity index (χ0) is 20.7. The highest BCUT2D eigenvalue weighted by molar-refractivity contribution is 5.62. The summed E-state index contributed by atoms with van der Waals surface area (Å²) >= 11 is 0. The van der Waals surface area contributed by atoms with E-state index in [1.165, 1.54) is 4.52 Å². The molecule has 28 heavy (non-hydrogen) atoms. The van der Waals surface area contributed by atoms with Gasteiger partial charge >= 0.3 is 0 Å². The number of nitrogens with zero attached hydrogens (tertiary/aromatic N) is 4. The Labute approximate surface area is 165 Å². The summed E-state index contributed by atoms with van der Waals surface area (Å²) < 4.78 is 1.48. The number of nitrogens with one attached hydrogen (secondary N) is 1. The van der Waals surface area contributed by atoms with Gasteiger partial charge in [-0.05, 0) is 49.4 Å². The van der Waals surface area contributed by atoms with Crippen molar-refractivity contribution >= 4 is 23.6 Å². The average molecular weight is 380 g/mol. The molecule has 3 aromatic rings. The zero-order valence-electron chi connectivity index (χ0n) is 17.8. The topological polar surface area (TPSA) is 65.8 Å². The Morgan fingerprint density at radius 1 is 1.25 bits per heavy atom. The molecule has 148 valence electrons. The van der Waals surface area contributed by atoms with E-state index in [4.69, 9.17) is 9.98 Å². The normalized spacial score (nSPS) is 12.4. The minimum atomic E-state index is -0.0704. The summed E-state index contributed by atoms with van der Waals surface area (Å²) in [5, 5.41) is 4.26. The Balaban J connectivity index is 2.38. The molecule has 0 unspecified atom stereocenters. The van der Waals surface area contributed by atoms with E-state index in [1.807, 2.05) is 34.9 Å². The highest BCUT2D eigenvalue weighted by atomic mass is 16.1. The molecule has 0 aliphatic heterocycles. The predicted molar refractivity (Wildman–Crippen MR) is 115 cm³/mol. The van der Waals surface area contributed by atoms with Crippen LogP contribution in [0, 0.1) is 13.8 Å². The first-order valence-corrected chi connectivity index (χ1v) is 9.65. The predicted octanol–water partition coefficient (Wildman–Crippen LogP) is 2.75. The number of aromatic amines is 1. The van der Waals surface area contributed by atoms with E-state index in [9.17, 15) is 4.79 Å². The van der Waals surface area contributed by atoms with Gasteiger partial charge in [-0.15, -0.1) is 0 Å². The fraction of sp³-hybridized carbons (Fsp3) is 0.409. The van der Waals surface area contributed by atoms with E-state index in [0.717, 1.165) is 33.8 Å². The Morgan fingerprint density at radius 2 is 1.86 bits per heavy atom. The first-order chi connectivity index (χ1) is 13.1. The van der Waals surface area contributed by atoms with E-state index in [-0.39, 0.29) is 11.5 Å². The monoisotopic (exact) mass is 379 g/mol. The summed E-state index contributed by atoms with van der Waals surface area (Å²) in [6.07, 6.45) is 0.643. The van der Waals surface area contributed by atoms with Gasteiger partial charge in [0.25, 0.3) is 5.56 Å². The molecule has 0 fully saturated rings. The van der Waals surface area contributed by atoms with Crippen LogP contribution < -0.4 is 21.2 Å². The molecule has 6 heteroatoms. The van der Waals surface area contributed by atoms with Crippen LogP contribution in [0.1, 0.15) is 49.1 Å². The summed E-state index contributed by atoms with van der Waals surface area (Å²) in [4.78, 5) is 24.8. The van der Waals surface area contributed by atoms with Gasteiger partial charge in [-0.2, -0.15) is 4.52 Å². The second kappa shape index (κ2) is 7.26. The van der Waals surface area contributed by atoms with Crippen molar-refractivity contribution in [1.29, 1.82) is 0 Å². The van der Waals surface area contributed by atoms with Crippen molar-refractivity contribution in [3.8, 4) is 0 Å². The molecule has 0 atom stereocenters. The van der Waals surface area contributed by atoms with Crippen LogP contribution in [0.15, 0.2) is 21.9 Å². The van der Waals surface area contributed by atoms with Crippen molar-refractivity contribution in [2.24, 2.45) is 4.99 Å². The Hall–Kier alpha value is -2.89. The Morgan fingerprint density at radius 3 is 2.36 bits per heavy atom. The summed E-state index contributed by atoms with van der Waals surface area (Å²) in [5.41, 5.74) is 6.19. The number of rotatable bonds is 4. The smallest absolute Gasteiger partial charge is 0.276 e. The lowest BCUT2D eigenvalue weighted by Crippen LogP contribution is -2.24. The van der Waals surface area contributed by atoms with Crippen LogP contribution in [0.25, 0.3) is 12.2 Å². The number of aryl methyl sites for hydroxylation is 2. The fourth-order valence-corrected chi connectivity index (χ4v) is 3.56. The molecule has 6 nitrogen and oxygen atoms in total. The number of fused-ring (bicyclic) bond motifs is 1. The van der Waals surface area contributed by atoms with Crippen LogP contribution in [-0.2, 0) is 6.42 Å². The van der Waals surface area contributed by atoms with Crippen molar-refractivity contribution in [1.82, 2.24) is 14.6 Å². The van der Waals surface area contributed by atoms with Gasteiger partial charge in [-0.3, -0.25) is 9.89 Å². The second-order valence-corrected chi connectivity index (χ2v) is 7.82. The summed E-state index contributed by atoms with van der Waals surface area (Å²) in [6.45, 7) is 14.3. The van der Waals surface area contributed by atoms with E-state index in [1.54, 1.807) is 0 Å². The third-order valence-electron chi connectivity index (χ3n) is 5.07. The van der Waals surface area contributed by atoms with Gasteiger partial charge in [-0.1, -0.05) is 27.4 Å². The highest BCUT2D eigenvalue weighted by Gasteiger charge is 2.17. The van der Waals surface area contributed by atoms with Crippen molar-refractivity contribution < 1.29 is 0 Å². The molecule has 1 aromatic carbocycles. The average Bonchev–Trinajstić information content (AvgIpc) is 2.93. The molecule has 1 N–H and O–H groups in total. The van der Waals surface area contributed by atoms with Gasteiger partial charge in [0.2, 0.25) is 0 Å². The maximum atomic E-state index is 13.0. The van der Waals surface area contributed by atoms with E-state index < -0.39 is 0 Å². The summed E-state index contributed by atoms with van der Waals surface area (Å²) in [6, 6.07) is 4.22. The number of aromatic nitrogens is 3. The van der Waals surface area contributed by atoms with Crippen LogP contribution in [0.4, 0.5) is 11.4 Å². The molecule has 3 rings (SSSR count). The summed E-state index contributed by atoms with van der Waals surface area (Å²) in [5.74, 6) is 0.159. The lowest BCUT2D eigenvalue weighted by molar-refractivity contribution is 0.763. The minimum Gasteiger partial charge on any atom is -0.378 e. The Bertz CT molecular complexity index is 1190. The van der Waals surface area contributed by atoms with Crippen molar-refractivity contribution in [3.63, 3.8) is 0 Å². The quantitative estimate of drug-likeness (QED) is 0.758. The fourth-order valence-electron chi connectivity index (χ4n) is 3.56. The van der Waals surface area contributed by atoms with Crippen LogP contribution in [0.5, 0.6) is 0 Å². The molecule has 0 saturated carbocycles. The SMILES string of the molecule is C=c1[nH]n2c(=O)c(CC)c(C(C)C)nc2c1=Nc1c(C)cc(N(C)C)cc1C. The molecule has 0 radical (unpaired) electrons. The van der Waals surface area contributed by atoms with Gasteiger partial charge in [0.05, 0.1) is 16.7 Å². The molecular weight excluding hydrogens is 350 g/mol. The zero-order valence-corrected chi connectivity index (χ0v) is 17.8. The first-order valence-electron chi connectivity index (χ1n) is 9.65. The minimum absolute atomic E-state index is 0.0704. The van der Waals surface area contributed by atoms with Gasteiger partial charge in [-0.25, -0.2) is 9.98 Å².